The minimum absolute atomic E-state index is 0.134. The van der Waals surface area contributed by atoms with E-state index in [0.29, 0.717) is 0 Å². The molecular weight excluding hydrogens is 200 g/mol. The van der Waals surface area contributed by atoms with E-state index in [9.17, 15) is 4.79 Å². The molecule has 1 aromatic rings. The maximum atomic E-state index is 12.1. The molecule has 3 nitrogen and oxygen atoms in total. The summed E-state index contributed by atoms with van der Waals surface area (Å²) < 4.78 is 0. The predicted molar refractivity (Wildman–Crippen MR) is 64.2 cm³/mol. The van der Waals surface area contributed by atoms with Crippen LogP contribution in [0.3, 0.4) is 0 Å². The number of carbonyl (C=O) groups excluding carboxylic acids is 1. The summed E-state index contributed by atoms with van der Waals surface area (Å²) >= 11 is 0. The van der Waals surface area contributed by atoms with E-state index in [2.05, 4.69) is 0 Å². The number of likely N-dealkylation sites (tertiary alicyclic amines) is 1. The molecular formula is C13H18N2O. The predicted octanol–water partition coefficient (Wildman–Crippen LogP) is 1.64. The van der Waals surface area contributed by atoms with Crippen LogP contribution in [0.5, 0.6) is 0 Å². The quantitative estimate of drug-likeness (QED) is 0.779. The van der Waals surface area contributed by atoms with E-state index in [1.54, 1.807) is 0 Å². The maximum Gasteiger partial charge on any atom is 0.253 e. The van der Waals surface area contributed by atoms with E-state index in [-0.39, 0.29) is 11.9 Å². The minimum Gasteiger partial charge on any atom is -0.339 e. The van der Waals surface area contributed by atoms with E-state index in [1.807, 2.05) is 35.2 Å². The molecule has 1 fully saturated rings. The van der Waals surface area contributed by atoms with Crippen molar-refractivity contribution >= 4 is 5.91 Å². The van der Waals surface area contributed by atoms with Crippen molar-refractivity contribution in [3.8, 4) is 0 Å². The Morgan fingerprint density at radius 3 is 2.69 bits per heavy atom. The minimum atomic E-state index is 0.134. The zero-order valence-corrected chi connectivity index (χ0v) is 9.43. The summed E-state index contributed by atoms with van der Waals surface area (Å²) in [6.07, 6.45) is 2.96. The highest BCUT2D eigenvalue weighted by Gasteiger charge is 2.19. The zero-order valence-electron chi connectivity index (χ0n) is 9.43. The first-order valence-electron chi connectivity index (χ1n) is 5.87. The Balaban J connectivity index is 2.04. The van der Waals surface area contributed by atoms with Gasteiger partial charge in [0.15, 0.2) is 0 Å². The fourth-order valence-corrected chi connectivity index (χ4v) is 2.09. The maximum absolute atomic E-state index is 12.1. The standard InChI is InChI=1S/C13H18N2O/c14-12-7-4-9-15(10-8-12)13(16)11-5-2-1-3-6-11/h1-3,5-6,12H,4,7-10,14H2. The van der Waals surface area contributed by atoms with Crippen LogP contribution in [0.1, 0.15) is 29.6 Å². The van der Waals surface area contributed by atoms with Crippen LogP contribution in [0.25, 0.3) is 0 Å². The van der Waals surface area contributed by atoms with Crippen LogP contribution in [0.2, 0.25) is 0 Å². The van der Waals surface area contributed by atoms with E-state index in [1.165, 1.54) is 0 Å². The van der Waals surface area contributed by atoms with E-state index in [0.717, 1.165) is 37.9 Å². The molecule has 2 N–H and O–H groups in total. The summed E-state index contributed by atoms with van der Waals surface area (Å²) in [7, 11) is 0. The number of hydrogen-bond donors (Lipinski definition) is 1. The van der Waals surface area contributed by atoms with Gasteiger partial charge < -0.3 is 10.6 Å². The molecule has 0 aliphatic carbocycles. The number of nitrogens with two attached hydrogens (primary N) is 1. The Labute approximate surface area is 96.2 Å². The van der Waals surface area contributed by atoms with Gasteiger partial charge in [0.05, 0.1) is 0 Å². The average Bonchev–Trinajstić information content (AvgIpc) is 2.54. The van der Waals surface area contributed by atoms with Crippen LogP contribution in [-0.2, 0) is 0 Å². The molecule has 1 saturated heterocycles. The van der Waals surface area contributed by atoms with Crippen LogP contribution in [0, 0.1) is 0 Å². The monoisotopic (exact) mass is 218 g/mol. The van der Waals surface area contributed by atoms with Crippen molar-refractivity contribution < 1.29 is 4.79 Å². The zero-order chi connectivity index (χ0) is 11.4. The third-order valence-electron chi connectivity index (χ3n) is 3.08. The summed E-state index contributed by atoms with van der Waals surface area (Å²) in [5.41, 5.74) is 6.67. The molecule has 0 spiro atoms. The smallest absolute Gasteiger partial charge is 0.253 e. The molecule has 1 heterocycles. The Kier molecular flexibility index (Phi) is 3.57. The molecule has 2 rings (SSSR count). The number of benzene rings is 1. The van der Waals surface area contributed by atoms with Crippen molar-refractivity contribution in [1.29, 1.82) is 0 Å². The average molecular weight is 218 g/mol. The van der Waals surface area contributed by atoms with E-state index < -0.39 is 0 Å². The Hall–Kier alpha value is -1.35. The van der Waals surface area contributed by atoms with Gasteiger partial charge in [-0.1, -0.05) is 18.2 Å². The Morgan fingerprint density at radius 2 is 1.94 bits per heavy atom. The molecule has 0 bridgehead atoms. The van der Waals surface area contributed by atoms with Crippen LogP contribution >= 0.6 is 0 Å². The van der Waals surface area contributed by atoms with Gasteiger partial charge in [-0.05, 0) is 31.4 Å². The number of carbonyl (C=O) groups is 1. The molecule has 1 amide bonds. The van der Waals surface area contributed by atoms with Crippen LogP contribution < -0.4 is 5.73 Å². The summed E-state index contributed by atoms with van der Waals surface area (Å²) in [6, 6.07) is 9.72. The Morgan fingerprint density at radius 1 is 1.19 bits per heavy atom. The van der Waals surface area contributed by atoms with Crippen LogP contribution in [0.4, 0.5) is 0 Å². The first kappa shape index (κ1) is 11.1. The summed E-state index contributed by atoms with van der Waals surface area (Å²) in [5, 5.41) is 0. The summed E-state index contributed by atoms with van der Waals surface area (Å²) in [4.78, 5) is 14.1. The molecule has 86 valence electrons. The SMILES string of the molecule is NC1CCCN(C(=O)c2ccccc2)CC1. The van der Waals surface area contributed by atoms with Crippen molar-refractivity contribution in [2.24, 2.45) is 5.73 Å². The molecule has 0 saturated carbocycles. The van der Waals surface area contributed by atoms with Gasteiger partial charge >= 0.3 is 0 Å². The number of nitrogens with zero attached hydrogens (tertiary/aromatic N) is 1. The summed E-state index contributed by atoms with van der Waals surface area (Å²) in [6.45, 7) is 1.62. The highest BCUT2D eigenvalue weighted by Crippen LogP contribution is 2.12. The van der Waals surface area contributed by atoms with Gasteiger partial charge in [-0.3, -0.25) is 4.79 Å². The van der Waals surface area contributed by atoms with Crippen LogP contribution in [0.15, 0.2) is 30.3 Å². The fourth-order valence-electron chi connectivity index (χ4n) is 2.09. The molecule has 1 aromatic carbocycles. The number of hydrogen-bond acceptors (Lipinski definition) is 2. The fraction of sp³-hybridized carbons (Fsp3) is 0.462. The molecule has 16 heavy (non-hydrogen) atoms. The van der Waals surface area contributed by atoms with Gasteiger partial charge in [0, 0.05) is 24.7 Å². The number of amides is 1. The molecule has 0 radical (unpaired) electrons. The lowest BCUT2D eigenvalue weighted by molar-refractivity contribution is 0.0761. The van der Waals surface area contributed by atoms with Crippen molar-refractivity contribution in [3.63, 3.8) is 0 Å². The first-order chi connectivity index (χ1) is 7.77. The van der Waals surface area contributed by atoms with Gasteiger partial charge in [0.25, 0.3) is 5.91 Å². The first-order valence-corrected chi connectivity index (χ1v) is 5.87. The second-order valence-corrected chi connectivity index (χ2v) is 4.35. The highest BCUT2D eigenvalue weighted by molar-refractivity contribution is 5.94. The lowest BCUT2D eigenvalue weighted by Crippen LogP contribution is -2.32. The van der Waals surface area contributed by atoms with Crippen molar-refractivity contribution in [2.75, 3.05) is 13.1 Å². The van der Waals surface area contributed by atoms with Gasteiger partial charge in [0.2, 0.25) is 0 Å². The molecule has 1 aliphatic rings. The van der Waals surface area contributed by atoms with Crippen molar-refractivity contribution in [2.45, 2.75) is 25.3 Å². The lowest BCUT2D eigenvalue weighted by Gasteiger charge is -2.20. The molecule has 1 atom stereocenters. The van der Waals surface area contributed by atoms with Gasteiger partial charge in [-0.25, -0.2) is 0 Å². The largest absolute Gasteiger partial charge is 0.339 e. The lowest BCUT2D eigenvalue weighted by atomic mass is 10.1. The number of rotatable bonds is 1. The second kappa shape index (κ2) is 5.12. The third kappa shape index (κ3) is 2.61. The molecule has 1 unspecified atom stereocenters. The molecule has 1 aliphatic heterocycles. The van der Waals surface area contributed by atoms with Gasteiger partial charge in [0.1, 0.15) is 0 Å². The second-order valence-electron chi connectivity index (χ2n) is 4.35. The highest BCUT2D eigenvalue weighted by atomic mass is 16.2. The van der Waals surface area contributed by atoms with Crippen LogP contribution in [-0.4, -0.2) is 29.9 Å². The van der Waals surface area contributed by atoms with Gasteiger partial charge in [-0.2, -0.15) is 0 Å². The molecule has 0 aromatic heterocycles. The van der Waals surface area contributed by atoms with E-state index in [4.69, 9.17) is 5.73 Å². The summed E-state index contributed by atoms with van der Waals surface area (Å²) in [5.74, 6) is 0.134. The third-order valence-corrected chi connectivity index (χ3v) is 3.08. The van der Waals surface area contributed by atoms with Crippen molar-refractivity contribution in [3.05, 3.63) is 35.9 Å². The topological polar surface area (TPSA) is 46.3 Å². The Bertz CT molecular complexity index is 350. The van der Waals surface area contributed by atoms with E-state index >= 15 is 0 Å². The normalized spacial score (nSPS) is 21.6. The van der Waals surface area contributed by atoms with Gasteiger partial charge in [-0.15, -0.1) is 0 Å². The van der Waals surface area contributed by atoms with Crippen molar-refractivity contribution in [1.82, 2.24) is 4.90 Å². The molecule has 3 heteroatoms.